The van der Waals surface area contributed by atoms with E-state index in [4.69, 9.17) is 25.8 Å². The summed E-state index contributed by atoms with van der Waals surface area (Å²) in [5.74, 6) is 2.64. The average Bonchev–Trinajstić information content (AvgIpc) is 3.25. The van der Waals surface area contributed by atoms with Gasteiger partial charge in [-0.05, 0) is 157 Å². The maximum absolute atomic E-state index is 12.8. The van der Waals surface area contributed by atoms with Crippen LogP contribution in [0.15, 0.2) is 60.9 Å². The van der Waals surface area contributed by atoms with Gasteiger partial charge in [-0.2, -0.15) is 0 Å². The van der Waals surface area contributed by atoms with E-state index in [1.54, 1.807) is 12.1 Å². The van der Waals surface area contributed by atoms with Crippen molar-refractivity contribution in [1.82, 2.24) is 29.6 Å². The number of ether oxygens (including phenoxy) is 3. The summed E-state index contributed by atoms with van der Waals surface area (Å²) in [6, 6.07) is 15.5. The molecule has 64 heavy (non-hydrogen) atoms. The van der Waals surface area contributed by atoms with E-state index in [0.717, 1.165) is 108 Å². The second-order valence-corrected chi connectivity index (χ2v) is 20.6. The van der Waals surface area contributed by atoms with Crippen LogP contribution < -0.4 is 9.47 Å². The molecule has 4 saturated heterocycles. The molecule has 356 valence electrons. The molecule has 0 saturated carbocycles. The Kier molecular flexibility index (Phi) is 20.3. The number of likely N-dealkylation sites (tertiary alicyclic amines) is 4. The Hall–Kier alpha value is -3.35. The van der Waals surface area contributed by atoms with E-state index in [1.807, 2.05) is 67.2 Å². The molecule has 3 aromatic rings. The molecule has 0 aliphatic carbocycles. The van der Waals surface area contributed by atoms with Crippen LogP contribution in [0, 0.1) is 22.7 Å². The number of carbonyl (C=O) groups excluding carboxylic acids is 2. The van der Waals surface area contributed by atoms with Gasteiger partial charge in [-0.3, -0.25) is 14.6 Å². The number of aromatic nitrogens is 2. The van der Waals surface area contributed by atoms with Gasteiger partial charge in [0.1, 0.15) is 5.60 Å². The molecule has 6 heterocycles. The second-order valence-electron chi connectivity index (χ2n) is 20.2. The monoisotopic (exact) mass is 944 g/mol. The highest BCUT2D eigenvalue weighted by molar-refractivity contribution is 6.30. The van der Waals surface area contributed by atoms with Crippen molar-refractivity contribution in [2.24, 2.45) is 22.7 Å². The second kappa shape index (κ2) is 24.4. The van der Waals surface area contributed by atoms with E-state index in [1.165, 1.54) is 36.8 Å². The molecule has 0 atom stereocenters. The Morgan fingerprint density at radius 1 is 0.625 bits per heavy atom. The number of amides is 2. The minimum absolute atomic E-state index is 0. The molecular formula is C50H75Cl3N6O5. The van der Waals surface area contributed by atoms with Gasteiger partial charge in [0.05, 0.1) is 13.2 Å². The summed E-state index contributed by atoms with van der Waals surface area (Å²) in [5, 5.41) is 0.663. The first-order valence-electron chi connectivity index (χ1n) is 23.2. The first kappa shape index (κ1) is 53.3. The van der Waals surface area contributed by atoms with Crippen LogP contribution in [0.25, 0.3) is 0 Å². The highest BCUT2D eigenvalue weighted by Crippen LogP contribution is 2.43. The molecule has 0 bridgehead atoms. The highest BCUT2D eigenvalue weighted by Gasteiger charge is 2.40. The van der Waals surface area contributed by atoms with E-state index < -0.39 is 5.60 Å². The van der Waals surface area contributed by atoms with E-state index >= 15 is 0 Å². The molecule has 4 aliphatic heterocycles. The Labute approximate surface area is 401 Å². The molecule has 11 nitrogen and oxygen atoms in total. The largest absolute Gasteiger partial charge is 0.477 e. The standard InChI is InChI=1S/C26H34ClN3O2.C24H39N3O3.2ClH/c1-20(2)19-32-24-22(4-3-13-28-24)18-29-14-9-26(10-15-29)11-16-30(17-12-26)25(31)21-5-7-23(27)8-6-21;1-19(2)18-29-21-20(7-6-12-25-21)17-26-13-8-24(9-14-26)10-15-27(16-11-24)22(28)30-23(3,4)5;;/h3-8,13,20H,9-12,14-19H2,1-2H3;6-7,12,19H,8-11,13-18H2,1-5H3;2*1H. The molecular weight excluding hydrogens is 871 g/mol. The lowest BCUT2D eigenvalue weighted by Crippen LogP contribution is -2.49. The van der Waals surface area contributed by atoms with Crippen LogP contribution in [0.3, 0.4) is 0 Å². The van der Waals surface area contributed by atoms with Gasteiger partial charge in [-0.1, -0.05) is 51.4 Å². The summed E-state index contributed by atoms with van der Waals surface area (Å²) >= 11 is 5.96. The first-order chi connectivity index (χ1) is 29.6. The van der Waals surface area contributed by atoms with Crippen LogP contribution in [0.4, 0.5) is 4.79 Å². The van der Waals surface area contributed by atoms with Crippen LogP contribution in [0.5, 0.6) is 11.8 Å². The molecule has 7 rings (SSSR count). The van der Waals surface area contributed by atoms with Gasteiger partial charge in [0, 0.05) is 73.4 Å². The van der Waals surface area contributed by atoms with E-state index in [9.17, 15) is 9.59 Å². The number of hydrogen-bond acceptors (Lipinski definition) is 9. The summed E-state index contributed by atoms with van der Waals surface area (Å²) in [4.78, 5) is 43.0. The van der Waals surface area contributed by atoms with Gasteiger partial charge in [-0.15, -0.1) is 24.8 Å². The quantitative estimate of drug-likeness (QED) is 0.186. The number of pyridine rings is 2. The number of benzene rings is 1. The predicted octanol–water partition coefficient (Wildman–Crippen LogP) is 10.9. The smallest absolute Gasteiger partial charge is 0.410 e. The third kappa shape index (κ3) is 15.6. The van der Waals surface area contributed by atoms with Crippen molar-refractivity contribution < 1.29 is 23.8 Å². The number of piperidine rings is 4. The molecule has 1 aromatic carbocycles. The van der Waals surface area contributed by atoms with Crippen molar-refractivity contribution >= 4 is 48.4 Å². The lowest BCUT2D eigenvalue weighted by atomic mass is 9.71. The van der Waals surface area contributed by atoms with Crippen LogP contribution in [0.2, 0.25) is 5.02 Å². The zero-order valence-corrected chi connectivity index (χ0v) is 41.9. The van der Waals surface area contributed by atoms with Gasteiger partial charge < -0.3 is 24.0 Å². The van der Waals surface area contributed by atoms with Gasteiger partial charge in [0.2, 0.25) is 11.8 Å². The molecule has 4 fully saturated rings. The lowest BCUT2D eigenvalue weighted by Gasteiger charge is -2.47. The maximum Gasteiger partial charge on any atom is 0.410 e. The van der Waals surface area contributed by atoms with Crippen molar-refractivity contribution in [3.8, 4) is 11.8 Å². The highest BCUT2D eigenvalue weighted by atomic mass is 35.5. The van der Waals surface area contributed by atoms with Crippen molar-refractivity contribution in [2.45, 2.75) is 119 Å². The molecule has 0 unspecified atom stereocenters. The van der Waals surface area contributed by atoms with Crippen LogP contribution in [-0.2, 0) is 17.8 Å². The minimum atomic E-state index is -0.429. The van der Waals surface area contributed by atoms with Crippen LogP contribution in [0.1, 0.15) is 121 Å². The number of nitrogens with zero attached hydrogens (tertiary/aromatic N) is 6. The van der Waals surface area contributed by atoms with Crippen LogP contribution >= 0.6 is 36.4 Å². The fourth-order valence-electron chi connectivity index (χ4n) is 9.14. The molecule has 2 spiro atoms. The van der Waals surface area contributed by atoms with Gasteiger partial charge >= 0.3 is 6.09 Å². The Bertz CT molecular complexity index is 1870. The van der Waals surface area contributed by atoms with Crippen molar-refractivity contribution in [2.75, 3.05) is 65.6 Å². The number of hydrogen-bond donors (Lipinski definition) is 0. The van der Waals surface area contributed by atoms with E-state index in [2.05, 4.69) is 59.6 Å². The Morgan fingerprint density at radius 3 is 1.41 bits per heavy atom. The number of halogens is 3. The zero-order chi connectivity index (χ0) is 44.3. The summed E-state index contributed by atoms with van der Waals surface area (Å²) in [7, 11) is 0. The van der Waals surface area contributed by atoms with Gasteiger partial charge in [0.15, 0.2) is 0 Å². The summed E-state index contributed by atoms with van der Waals surface area (Å²) in [5.41, 5.74) is 3.40. The summed E-state index contributed by atoms with van der Waals surface area (Å²) in [6.45, 7) is 25.2. The fraction of sp³-hybridized carbons (Fsp3) is 0.640. The molecule has 0 N–H and O–H groups in total. The lowest BCUT2D eigenvalue weighted by molar-refractivity contribution is -0.00320. The minimum Gasteiger partial charge on any atom is -0.477 e. The van der Waals surface area contributed by atoms with Crippen molar-refractivity contribution in [3.63, 3.8) is 0 Å². The number of rotatable bonds is 11. The summed E-state index contributed by atoms with van der Waals surface area (Å²) < 4.78 is 17.4. The first-order valence-corrected chi connectivity index (χ1v) is 23.6. The fourth-order valence-corrected chi connectivity index (χ4v) is 9.27. The van der Waals surface area contributed by atoms with Crippen LogP contribution in [-0.4, -0.2) is 113 Å². The summed E-state index contributed by atoms with van der Waals surface area (Å²) in [6.07, 6.45) is 12.6. The molecule has 14 heteroatoms. The van der Waals surface area contributed by atoms with Crippen molar-refractivity contribution in [1.29, 1.82) is 0 Å². The zero-order valence-electron chi connectivity index (χ0n) is 39.5. The van der Waals surface area contributed by atoms with E-state index in [-0.39, 0.29) is 36.8 Å². The van der Waals surface area contributed by atoms with Gasteiger partial charge in [-0.25, -0.2) is 14.8 Å². The normalized spacial score (nSPS) is 18.7. The van der Waals surface area contributed by atoms with Crippen molar-refractivity contribution in [3.05, 3.63) is 82.6 Å². The Balaban J connectivity index is 0.000000273. The third-order valence-corrected chi connectivity index (χ3v) is 13.4. The topological polar surface area (TPSA) is 101 Å². The maximum atomic E-state index is 12.8. The molecule has 4 aliphatic rings. The Morgan fingerprint density at radius 2 is 1.02 bits per heavy atom. The SMILES string of the molecule is CC(C)COc1ncccc1CN1CCC2(CC1)CCN(C(=O)OC(C)(C)C)CC2.CC(C)COc1ncccc1CN1CCC2(CC1)CCN(C(=O)c1ccc(Cl)cc1)CC2.Cl.Cl. The van der Waals surface area contributed by atoms with Gasteiger partial charge in [0.25, 0.3) is 5.91 Å². The molecule has 0 radical (unpaired) electrons. The molecule has 2 aromatic heterocycles. The third-order valence-electron chi connectivity index (χ3n) is 13.1. The number of carbonyl (C=O) groups is 2. The molecule has 2 amide bonds. The predicted molar refractivity (Wildman–Crippen MR) is 261 cm³/mol. The van der Waals surface area contributed by atoms with E-state index in [0.29, 0.717) is 40.9 Å². The average molecular weight is 947 g/mol.